The van der Waals surface area contributed by atoms with Gasteiger partial charge in [-0.1, -0.05) is 44.9 Å². The molecule has 0 spiro atoms. The Bertz CT molecular complexity index is 388. The van der Waals surface area contributed by atoms with E-state index in [0.29, 0.717) is 6.04 Å². The minimum Gasteiger partial charge on any atom is -0.382 e. The molecule has 1 aliphatic rings. The molecule has 0 heterocycles. The van der Waals surface area contributed by atoms with Gasteiger partial charge in [0, 0.05) is 16.8 Å². The van der Waals surface area contributed by atoms with E-state index in [2.05, 4.69) is 32.2 Å². The maximum Gasteiger partial charge on any atom is 0.0426 e. The third-order valence-corrected chi connectivity index (χ3v) is 4.43. The minimum atomic E-state index is 0.590. The summed E-state index contributed by atoms with van der Waals surface area (Å²) >= 11 is 6.05. The summed E-state index contributed by atoms with van der Waals surface area (Å²) in [5.74, 6) is 2.35. The Morgan fingerprint density at radius 1 is 1.28 bits per heavy atom. The van der Waals surface area contributed by atoms with Crippen molar-refractivity contribution in [2.45, 2.75) is 46.1 Å². The molecule has 0 aliphatic heterocycles. The van der Waals surface area contributed by atoms with Gasteiger partial charge in [-0.15, -0.1) is 0 Å². The number of hydrogen-bond donors (Lipinski definition) is 1. The van der Waals surface area contributed by atoms with E-state index in [0.717, 1.165) is 28.5 Å². The van der Waals surface area contributed by atoms with E-state index in [1.807, 2.05) is 18.2 Å². The molecule has 18 heavy (non-hydrogen) atoms. The second-order valence-corrected chi connectivity index (χ2v) is 6.52. The Hall–Kier alpha value is -0.690. The zero-order valence-corrected chi connectivity index (χ0v) is 12.4. The first kappa shape index (κ1) is 13.7. The molecule has 1 fully saturated rings. The quantitative estimate of drug-likeness (QED) is 0.791. The Morgan fingerprint density at radius 3 is 2.72 bits per heavy atom. The summed E-state index contributed by atoms with van der Waals surface area (Å²) in [6, 6.07) is 8.67. The summed E-state index contributed by atoms with van der Waals surface area (Å²) in [6.07, 6.45) is 3.99. The molecule has 0 saturated heterocycles. The molecule has 3 unspecified atom stereocenters. The van der Waals surface area contributed by atoms with Crippen LogP contribution in [0.5, 0.6) is 0 Å². The molecule has 1 nitrogen and oxygen atoms in total. The van der Waals surface area contributed by atoms with Crippen molar-refractivity contribution in [1.29, 1.82) is 0 Å². The van der Waals surface area contributed by atoms with Gasteiger partial charge in [-0.05, 0) is 48.8 Å². The molecule has 0 bridgehead atoms. The summed E-state index contributed by atoms with van der Waals surface area (Å²) in [5.41, 5.74) is 1.16. The van der Waals surface area contributed by atoms with E-state index in [9.17, 15) is 0 Å². The SMILES string of the molecule is CC1CCC(C(C)C)C(Nc2cccc(Cl)c2)C1. The van der Waals surface area contributed by atoms with Crippen molar-refractivity contribution >= 4 is 17.3 Å². The number of anilines is 1. The van der Waals surface area contributed by atoms with Crippen molar-refractivity contribution in [3.05, 3.63) is 29.3 Å². The van der Waals surface area contributed by atoms with Gasteiger partial charge in [-0.3, -0.25) is 0 Å². The first-order valence-corrected chi connectivity index (χ1v) is 7.46. The normalized spacial score (nSPS) is 28.4. The fourth-order valence-corrected chi connectivity index (χ4v) is 3.35. The second-order valence-electron chi connectivity index (χ2n) is 6.09. The van der Waals surface area contributed by atoms with E-state index in [-0.39, 0.29) is 0 Å². The average Bonchev–Trinajstić information content (AvgIpc) is 2.28. The summed E-state index contributed by atoms with van der Waals surface area (Å²) in [7, 11) is 0. The molecule has 1 saturated carbocycles. The van der Waals surface area contributed by atoms with Crippen molar-refractivity contribution < 1.29 is 0 Å². The maximum absolute atomic E-state index is 6.05. The second kappa shape index (κ2) is 5.97. The Kier molecular flexibility index (Phi) is 4.55. The first-order chi connectivity index (χ1) is 8.56. The van der Waals surface area contributed by atoms with Crippen molar-refractivity contribution in [2.24, 2.45) is 17.8 Å². The average molecular weight is 266 g/mol. The molecule has 2 heteroatoms. The zero-order chi connectivity index (χ0) is 13.1. The van der Waals surface area contributed by atoms with Crippen LogP contribution in [0.1, 0.15) is 40.0 Å². The van der Waals surface area contributed by atoms with Crippen LogP contribution in [-0.2, 0) is 0 Å². The maximum atomic E-state index is 6.05. The van der Waals surface area contributed by atoms with Crippen LogP contribution in [0.2, 0.25) is 5.02 Å². The zero-order valence-electron chi connectivity index (χ0n) is 11.6. The van der Waals surface area contributed by atoms with Crippen molar-refractivity contribution in [3.63, 3.8) is 0 Å². The van der Waals surface area contributed by atoms with Gasteiger partial charge in [-0.25, -0.2) is 0 Å². The van der Waals surface area contributed by atoms with Crippen LogP contribution in [0.3, 0.4) is 0 Å². The molecule has 3 atom stereocenters. The van der Waals surface area contributed by atoms with E-state index in [1.54, 1.807) is 0 Å². The van der Waals surface area contributed by atoms with E-state index < -0.39 is 0 Å². The minimum absolute atomic E-state index is 0.590. The lowest BCUT2D eigenvalue weighted by atomic mass is 9.74. The lowest BCUT2D eigenvalue weighted by Gasteiger charge is -2.38. The summed E-state index contributed by atoms with van der Waals surface area (Å²) in [4.78, 5) is 0. The largest absolute Gasteiger partial charge is 0.382 e. The lowest BCUT2D eigenvalue weighted by Crippen LogP contribution is -2.37. The monoisotopic (exact) mass is 265 g/mol. The third kappa shape index (κ3) is 3.41. The van der Waals surface area contributed by atoms with Gasteiger partial charge in [0.25, 0.3) is 0 Å². The van der Waals surface area contributed by atoms with E-state index in [4.69, 9.17) is 11.6 Å². The fourth-order valence-electron chi connectivity index (χ4n) is 3.16. The van der Waals surface area contributed by atoms with Crippen molar-refractivity contribution in [1.82, 2.24) is 0 Å². The van der Waals surface area contributed by atoms with E-state index >= 15 is 0 Å². The molecule has 1 aromatic carbocycles. The van der Waals surface area contributed by atoms with Crippen LogP contribution in [0, 0.1) is 17.8 Å². The number of benzene rings is 1. The molecule has 0 amide bonds. The van der Waals surface area contributed by atoms with Crippen molar-refractivity contribution in [2.75, 3.05) is 5.32 Å². The van der Waals surface area contributed by atoms with Gasteiger partial charge in [0.15, 0.2) is 0 Å². The predicted octanol–water partition coefficient (Wildman–Crippen LogP) is 5.21. The first-order valence-electron chi connectivity index (χ1n) is 7.08. The van der Waals surface area contributed by atoms with Crippen LogP contribution >= 0.6 is 11.6 Å². The number of rotatable bonds is 3. The van der Waals surface area contributed by atoms with Crippen molar-refractivity contribution in [3.8, 4) is 0 Å². The Labute approximate surface area is 116 Å². The highest BCUT2D eigenvalue weighted by Gasteiger charge is 2.30. The summed E-state index contributed by atoms with van der Waals surface area (Å²) in [6.45, 7) is 7.05. The molecule has 1 aliphatic carbocycles. The highest BCUT2D eigenvalue weighted by Crippen LogP contribution is 2.35. The molecule has 1 aromatic rings. The van der Waals surface area contributed by atoms with Gasteiger partial charge >= 0.3 is 0 Å². The number of hydrogen-bond acceptors (Lipinski definition) is 1. The Balaban J connectivity index is 2.08. The van der Waals surface area contributed by atoms with Crippen LogP contribution in [0.15, 0.2) is 24.3 Å². The molecule has 0 radical (unpaired) electrons. The molecule has 0 aromatic heterocycles. The predicted molar refractivity (Wildman–Crippen MR) is 80.2 cm³/mol. The highest BCUT2D eigenvalue weighted by atomic mass is 35.5. The third-order valence-electron chi connectivity index (χ3n) is 4.20. The highest BCUT2D eigenvalue weighted by molar-refractivity contribution is 6.30. The standard InChI is InChI=1S/C16H24ClN/c1-11(2)15-8-7-12(3)9-16(15)18-14-6-4-5-13(17)10-14/h4-6,10-12,15-16,18H,7-9H2,1-3H3. The molecule has 100 valence electrons. The lowest BCUT2D eigenvalue weighted by molar-refractivity contribution is 0.212. The number of halogens is 1. The molecule has 1 N–H and O–H groups in total. The van der Waals surface area contributed by atoms with Crippen LogP contribution in [0.4, 0.5) is 5.69 Å². The summed E-state index contributed by atoms with van der Waals surface area (Å²) < 4.78 is 0. The molecular weight excluding hydrogens is 242 g/mol. The van der Waals surface area contributed by atoms with Gasteiger partial charge in [-0.2, -0.15) is 0 Å². The van der Waals surface area contributed by atoms with Gasteiger partial charge < -0.3 is 5.32 Å². The number of nitrogens with one attached hydrogen (secondary N) is 1. The van der Waals surface area contributed by atoms with Crippen LogP contribution in [0.25, 0.3) is 0 Å². The van der Waals surface area contributed by atoms with Gasteiger partial charge in [0.2, 0.25) is 0 Å². The fraction of sp³-hybridized carbons (Fsp3) is 0.625. The smallest absolute Gasteiger partial charge is 0.0426 e. The molecule has 2 rings (SSSR count). The van der Waals surface area contributed by atoms with Crippen LogP contribution in [-0.4, -0.2) is 6.04 Å². The van der Waals surface area contributed by atoms with Gasteiger partial charge in [0.05, 0.1) is 0 Å². The van der Waals surface area contributed by atoms with Gasteiger partial charge in [0.1, 0.15) is 0 Å². The van der Waals surface area contributed by atoms with E-state index in [1.165, 1.54) is 19.3 Å². The molecular formula is C16H24ClN. The Morgan fingerprint density at radius 2 is 2.06 bits per heavy atom. The summed E-state index contributed by atoms with van der Waals surface area (Å²) in [5, 5.41) is 4.51. The van der Waals surface area contributed by atoms with Crippen LogP contribution < -0.4 is 5.32 Å². The topological polar surface area (TPSA) is 12.0 Å².